The Balaban J connectivity index is 2.60. The number of rotatable bonds is 9. The second-order valence-electron chi connectivity index (χ2n) is 4.51. The maximum Gasteiger partial charge on any atom is 0.320 e. The van der Waals surface area contributed by atoms with Crippen molar-refractivity contribution in [3.63, 3.8) is 0 Å². The SMILES string of the molecule is NC(CCc1ccc(N(CCCl)CCCl)cc1)C(=O)O. The quantitative estimate of drug-likeness (QED) is 0.686. The van der Waals surface area contributed by atoms with Crippen molar-refractivity contribution in [2.45, 2.75) is 18.9 Å². The number of carboxylic acid groups (broad SMARTS) is 1. The fourth-order valence-corrected chi connectivity index (χ4v) is 2.30. The van der Waals surface area contributed by atoms with Gasteiger partial charge in [0.2, 0.25) is 0 Å². The van der Waals surface area contributed by atoms with Crippen LogP contribution in [-0.2, 0) is 11.2 Å². The first-order valence-electron chi connectivity index (χ1n) is 6.52. The summed E-state index contributed by atoms with van der Waals surface area (Å²) in [5.74, 6) is 0.134. The third-order valence-corrected chi connectivity index (χ3v) is 3.41. The van der Waals surface area contributed by atoms with Gasteiger partial charge in [-0.3, -0.25) is 4.79 Å². The Morgan fingerprint density at radius 3 is 2.20 bits per heavy atom. The van der Waals surface area contributed by atoms with Crippen molar-refractivity contribution in [3.05, 3.63) is 29.8 Å². The first kappa shape index (κ1) is 17.1. The third-order valence-electron chi connectivity index (χ3n) is 3.07. The summed E-state index contributed by atoms with van der Waals surface area (Å²) in [4.78, 5) is 12.8. The number of anilines is 1. The Morgan fingerprint density at radius 1 is 1.20 bits per heavy atom. The fraction of sp³-hybridized carbons (Fsp3) is 0.500. The standard InChI is InChI=1S/C14H20Cl2N2O2/c15-7-9-18(10-8-16)12-4-1-11(2-5-12)3-6-13(17)14(19)20/h1-2,4-5,13H,3,6-10,17H2,(H,19,20). The fourth-order valence-electron chi connectivity index (χ4n) is 1.89. The Morgan fingerprint density at radius 2 is 1.75 bits per heavy atom. The van der Waals surface area contributed by atoms with Gasteiger partial charge in [-0.1, -0.05) is 12.1 Å². The van der Waals surface area contributed by atoms with Gasteiger partial charge in [-0.25, -0.2) is 0 Å². The Labute approximate surface area is 129 Å². The maximum absolute atomic E-state index is 10.7. The number of halogens is 2. The predicted octanol–water partition coefficient (Wildman–Crippen LogP) is 2.32. The molecule has 0 aromatic heterocycles. The number of hydrogen-bond acceptors (Lipinski definition) is 3. The van der Waals surface area contributed by atoms with Crippen LogP contribution in [0.2, 0.25) is 0 Å². The molecular formula is C14H20Cl2N2O2. The summed E-state index contributed by atoms with van der Waals surface area (Å²) in [6, 6.07) is 7.17. The molecule has 1 atom stereocenters. The molecule has 0 radical (unpaired) electrons. The molecule has 20 heavy (non-hydrogen) atoms. The van der Waals surface area contributed by atoms with Crippen molar-refractivity contribution >= 4 is 34.9 Å². The number of hydrogen-bond donors (Lipinski definition) is 2. The van der Waals surface area contributed by atoms with E-state index in [0.717, 1.165) is 24.3 Å². The molecule has 0 saturated heterocycles. The lowest BCUT2D eigenvalue weighted by Crippen LogP contribution is -2.30. The average molecular weight is 319 g/mol. The highest BCUT2D eigenvalue weighted by atomic mass is 35.5. The van der Waals surface area contributed by atoms with Crippen LogP contribution in [-0.4, -0.2) is 42.0 Å². The van der Waals surface area contributed by atoms with E-state index in [-0.39, 0.29) is 0 Å². The van der Waals surface area contributed by atoms with Crippen LogP contribution in [0, 0.1) is 0 Å². The molecule has 1 aromatic carbocycles. The highest BCUT2D eigenvalue weighted by molar-refractivity contribution is 6.18. The lowest BCUT2D eigenvalue weighted by atomic mass is 10.1. The van der Waals surface area contributed by atoms with Gasteiger partial charge in [0.1, 0.15) is 6.04 Å². The van der Waals surface area contributed by atoms with Crippen molar-refractivity contribution < 1.29 is 9.90 Å². The Kier molecular flexibility index (Phi) is 7.73. The Hall–Kier alpha value is -0.970. The van der Waals surface area contributed by atoms with E-state index in [4.69, 9.17) is 34.0 Å². The molecular weight excluding hydrogens is 299 g/mol. The predicted molar refractivity (Wildman–Crippen MR) is 84.0 cm³/mol. The van der Waals surface area contributed by atoms with E-state index < -0.39 is 12.0 Å². The van der Waals surface area contributed by atoms with E-state index in [1.54, 1.807) is 0 Å². The van der Waals surface area contributed by atoms with Gasteiger partial charge in [-0.2, -0.15) is 0 Å². The van der Waals surface area contributed by atoms with Crippen LogP contribution in [0.5, 0.6) is 0 Å². The lowest BCUT2D eigenvalue weighted by molar-refractivity contribution is -0.138. The van der Waals surface area contributed by atoms with Crippen molar-refractivity contribution in [1.82, 2.24) is 0 Å². The van der Waals surface area contributed by atoms with E-state index in [2.05, 4.69) is 4.90 Å². The molecule has 0 spiro atoms. The van der Waals surface area contributed by atoms with Gasteiger partial charge < -0.3 is 15.7 Å². The monoisotopic (exact) mass is 318 g/mol. The highest BCUT2D eigenvalue weighted by Crippen LogP contribution is 2.16. The summed E-state index contributed by atoms with van der Waals surface area (Å²) >= 11 is 11.5. The normalized spacial score (nSPS) is 12.2. The summed E-state index contributed by atoms with van der Waals surface area (Å²) in [6.07, 6.45) is 1.08. The summed E-state index contributed by atoms with van der Waals surface area (Å²) in [5, 5.41) is 8.74. The van der Waals surface area contributed by atoms with E-state index in [1.165, 1.54) is 0 Å². The molecule has 3 N–H and O–H groups in total. The minimum Gasteiger partial charge on any atom is -0.480 e. The van der Waals surface area contributed by atoms with Crippen molar-refractivity contribution in [1.29, 1.82) is 0 Å². The number of nitrogens with two attached hydrogens (primary N) is 1. The molecule has 0 fully saturated rings. The number of carbonyl (C=O) groups is 1. The average Bonchev–Trinajstić information content (AvgIpc) is 2.45. The lowest BCUT2D eigenvalue weighted by Gasteiger charge is -2.23. The number of aliphatic carboxylic acids is 1. The zero-order valence-corrected chi connectivity index (χ0v) is 12.8. The maximum atomic E-state index is 10.7. The van der Waals surface area contributed by atoms with E-state index in [9.17, 15) is 4.79 Å². The molecule has 0 aliphatic rings. The molecule has 0 heterocycles. The van der Waals surface area contributed by atoms with Crippen molar-refractivity contribution in [2.75, 3.05) is 29.7 Å². The molecule has 6 heteroatoms. The largest absolute Gasteiger partial charge is 0.480 e. The number of alkyl halides is 2. The number of nitrogens with zero attached hydrogens (tertiary/aromatic N) is 1. The van der Waals surface area contributed by atoms with Crippen LogP contribution in [0.25, 0.3) is 0 Å². The van der Waals surface area contributed by atoms with Crippen LogP contribution in [0.1, 0.15) is 12.0 Å². The molecule has 112 valence electrons. The smallest absolute Gasteiger partial charge is 0.320 e. The zero-order valence-electron chi connectivity index (χ0n) is 11.3. The van der Waals surface area contributed by atoms with E-state index in [0.29, 0.717) is 24.6 Å². The van der Waals surface area contributed by atoms with E-state index >= 15 is 0 Å². The first-order chi connectivity index (χ1) is 9.58. The minimum absolute atomic E-state index is 0.432. The van der Waals surface area contributed by atoms with Gasteiger partial charge in [0.05, 0.1) is 0 Å². The molecule has 0 saturated carbocycles. The van der Waals surface area contributed by atoms with E-state index in [1.807, 2.05) is 24.3 Å². The van der Waals surface area contributed by atoms with Crippen molar-refractivity contribution in [2.24, 2.45) is 5.73 Å². The first-order valence-corrected chi connectivity index (χ1v) is 7.59. The molecule has 1 aromatic rings. The van der Waals surface area contributed by atoms with Crippen LogP contribution >= 0.6 is 23.2 Å². The molecule has 0 amide bonds. The third kappa shape index (κ3) is 5.57. The highest BCUT2D eigenvalue weighted by Gasteiger charge is 2.11. The summed E-state index contributed by atoms with van der Waals surface area (Å²) in [5.41, 5.74) is 7.62. The second-order valence-corrected chi connectivity index (χ2v) is 5.27. The number of aryl methyl sites for hydroxylation is 1. The van der Waals surface area contributed by atoms with Crippen molar-refractivity contribution in [3.8, 4) is 0 Å². The van der Waals surface area contributed by atoms with Gasteiger partial charge in [0.25, 0.3) is 0 Å². The Bertz CT molecular complexity index is 406. The summed E-state index contributed by atoms with van der Waals surface area (Å²) in [7, 11) is 0. The van der Waals surface area contributed by atoms with Gasteiger partial charge in [-0.05, 0) is 30.5 Å². The molecule has 1 rings (SSSR count). The van der Waals surface area contributed by atoms with Gasteiger partial charge in [0, 0.05) is 30.5 Å². The van der Waals surface area contributed by atoms with Crippen LogP contribution in [0.4, 0.5) is 5.69 Å². The van der Waals surface area contributed by atoms with Gasteiger partial charge in [-0.15, -0.1) is 23.2 Å². The molecule has 0 aliphatic heterocycles. The minimum atomic E-state index is -0.961. The number of benzene rings is 1. The molecule has 4 nitrogen and oxygen atoms in total. The molecule has 0 aliphatic carbocycles. The van der Waals surface area contributed by atoms with Crippen LogP contribution < -0.4 is 10.6 Å². The van der Waals surface area contributed by atoms with Crippen LogP contribution in [0.3, 0.4) is 0 Å². The van der Waals surface area contributed by atoms with Crippen LogP contribution in [0.15, 0.2) is 24.3 Å². The molecule has 1 unspecified atom stereocenters. The second kappa shape index (κ2) is 9.06. The number of carboxylic acids is 1. The van der Waals surface area contributed by atoms with Gasteiger partial charge in [0.15, 0.2) is 0 Å². The summed E-state index contributed by atoms with van der Waals surface area (Å²) in [6.45, 7) is 1.50. The zero-order chi connectivity index (χ0) is 15.0. The molecule has 0 bridgehead atoms. The van der Waals surface area contributed by atoms with Gasteiger partial charge >= 0.3 is 5.97 Å². The summed E-state index contributed by atoms with van der Waals surface area (Å²) < 4.78 is 0. The topological polar surface area (TPSA) is 66.6 Å².